The van der Waals surface area contributed by atoms with Gasteiger partial charge in [-0.3, -0.25) is 4.79 Å². The molecule has 0 aromatic rings. The van der Waals surface area contributed by atoms with Crippen LogP contribution in [0.5, 0.6) is 0 Å². The molecule has 0 amide bonds. The molecule has 0 unspecified atom stereocenters. The first-order chi connectivity index (χ1) is 3.84. The zero-order valence-electron chi connectivity index (χ0n) is 4.72. The van der Waals surface area contributed by atoms with Gasteiger partial charge in [-0.25, -0.2) is 0 Å². The minimum atomic E-state index is -0.156. The number of ether oxygens (including phenoxy) is 2. The summed E-state index contributed by atoms with van der Waals surface area (Å²) in [7, 11) is 1.39. The molecule has 1 heterocycles. The maximum absolute atomic E-state index is 10.5. The standard InChI is InChI=1S/C5H8O3/c1-7-5(6)4-2-8-3-4/h4H,2-3H2,1H3. The molecular weight excluding hydrogens is 108 g/mol. The van der Waals surface area contributed by atoms with Crippen LogP contribution >= 0.6 is 0 Å². The van der Waals surface area contributed by atoms with E-state index < -0.39 is 0 Å². The summed E-state index contributed by atoms with van der Waals surface area (Å²) in [5.74, 6) is -0.142. The molecule has 3 heteroatoms. The number of carbonyl (C=O) groups is 1. The summed E-state index contributed by atoms with van der Waals surface area (Å²) in [6.45, 7) is 1.07. The highest BCUT2D eigenvalue weighted by molar-refractivity contribution is 5.73. The quantitative estimate of drug-likeness (QED) is 0.445. The maximum Gasteiger partial charge on any atom is 0.313 e. The lowest BCUT2D eigenvalue weighted by molar-refractivity contribution is -0.160. The fraction of sp³-hybridized carbons (Fsp3) is 0.800. The molecule has 0 spiro atoms. The van der Waals surface area contributed by atoms with Gasteiger partial charge < -0.3 is 9.47 Å². The van der Waals surface area contributed by atoms with Crippen molar-refractivity contribution in [3.8, 4) is 0 Å². The Labute approximate surface area is 47.6 Å². The van der Waals surface area contributed by atoms with Crippen molar-refractivity contribution in [3.63, 3.8) is 0 Å². The van der Waals surface area contributed by atoms with Gasteiger partial charge in [0.05, 0.1) is 20.3 Å². The molecule has 46 valence electrons. The smallest absolute Gasteiger partial charge is 0.313 e. The molecule has 0 bridgehead atoms. The second-order valence-corrected chi connectivity index (χ2v) is 1.76. The molecule has 0 saturated carbocycles. The highest BCUT2D eigenvalue weighted by Gasteiger charge is 2.26. The van der Waals surface area contributed by atoms with Crippen LogP contribution in [0.4, 0.5) is 0 Å². The van der Waals surface area contributed by atoms with Gasteiger partial charge in [0.1, 0.15) is 5.92 Å². The first kappa shape index (κ1) is 5.56. The van der Waals surface area contributed by atoms with Crippen molar-refractivity contribution >= 4 is 5.97 Å². The van der Waals surface area contributed by atoms with Crippen LogP contribution in [0.3, 0.4) is 0 Å². The number of esters is 1. The lowest BCUT2D eigenvalue weighted by Gasteiger charge is -2.22. The third kappa shape index (κ3) is 0.816. The predicted molar refractivity (Wildman–Crippen MR) is 26.3 cm³/mol. The summed E-state index contributed by atoms with van der Waals surface area (Å²) >= 11 is 0. The molecule has 1 aliphatic heterocycles. The van der Waals surface area contributed by atoms with Crippen LogP contribution in [-0.4, -0.2) is 26.3 Å². The van der Waals surface area contributed by atoms with Gasteiger partial charge in [0.2, 0.25) is 0 Å². The Morgan fingerprint density at radius 2 is 2.38 bits per heavy atom. The summed E-state index contributed by atoms with van der Waals surface area (Å²) in [5.41, 5.74) is 0. The number of hydrogen-bond donors (Lipinski definition) is 0. The van der Waals surface area contributed by atoms with E-state index in [9.17, 15) is 4.79 Å². The van der Waals surface area contributed by atoms with Crippen LogP contribution in [0.15, 0.2) is 0 Å². The summed E-state index contributed by atoms with van der Waals surface area (Å²) in [6, 6.07) is 0. The second kappa shape index (κ2) is 2.13. The molecule has 1 aliphatic rings. The van der Waals surface area contributed by atoms with E-state index in [2.05, 4.69) is 4.74 Å². The Hall–Kier alpha value is -0.570. The molecule has 0 radical (unpaired) electrons. The molecule has 0 N–H and O–H groups in total. The van der Waals surface area contributed by atoms with E-state index in [1.54, 1.807) is 0 Å². The lowest BCUT2D eigenvalue weighted by Crippen LogP contribution is -2.35. The zero-order valence-corrected chi connectivity index (χ0v) is 4.72. The van der Waals surface area contributed by atoms with E-state index in [1.807, 2.05) is 0 Å². The van der Waals surface area contributed by atoms with Crippen LogP contribution in [0.25, 0.3) is 0 Å². The minimum Gasteiger partial charge on any atom is -0.469 e. The fourth-order valence-electron chi connectivity index (χ4n) is 0.538. The van der Waals surface area contributed by atoms with Gasteiger partial charge in [-0.05, 0) is 0 Å². The van der Waals surface area contributed by atoms with Gasteiger partial charge in [0, 0.05) is 0 Å². The van der Waals surface area contributed by atoms with Crippen LogP contribution in [0.2, 0.25) is 0 Å². The van der Waals surface area contributed by atoms with E-state index >= 15 is 0 Å². The van der Waals surface area contributed by atoms with E-state index in [0.717, 1.165) is 0 Å². The molecule has 3 nitrogen and oxygen atoms in total. The number of carbonyl (C=O) groups excluding carboxylic acids is 1. The van der Waals surface area contributed by atoms with E-state index in [0.29, 0.717) is 13.2 Å². The first-order valence-electron chi connectivity index (χ1n) is 2.50. The number of rotatable bonds is 1. The van der Waals surface area contributed by atoms with Gasteiger partial charge in [-0.1, -0.05) is 0 Å². The van der Waals surface area contributed by atoms with Crippen molar-refractivity contribution in [3.05, 3.63) is 0 Å². The first-order valence-corrected chi connectivity index (χ1v) is 2.50. The molecule has 0 aromatic heterocycles. The van der Waals surface area contributed by atoms with E-state index in [-0.39, 0.29) is 11.9 Å². The topological polar surface area (TPSA) is 35.5 Å². The SMILES string of the molecule is COC(=O)C1COC1. The van der Waals surface area contributed by atoms with Crippen LogP contribution in [-0.2, 0) is 14.3 Å². The second-order valence-electron chi connectivity index (χ2n) is 1.76. The van der Waals surface area contributed by atoms with Crippen molar-refractivity contribution < 1.29 is 14.3 Å². The summed E-state index contributed by atoms with van der Waals surface area (Å²) < 4.78 is 9.19. The van der Waals surface area contributed by atoms with Gasteiger partial charge >= 0.3 is 5.97 Å². The van der Waals surface area contributed by atoms with Crippen LogP contribution in [0.1, 0.15) is 0 Å². The van der Waals surface area contributed by atoms with Crippen LogP contribution in [0, 0.1) is 5.92 Å². The molecule has 1 rings (SSSR count). The Kier molecular flexibility index (Phi) is 1.48. The van der Waals surface area contributed by atoms with Crippen LogP contribution < -0.4 is 0 Å². The number of hydrogen-bond acceptors (Lipinski definition) is 3. The summed E-state index contributed by atoms with van der Waals surface area (Å²) in [5, 5.41) is 0. The van der Waals surface area contributed by atoms with Gasteiger partial charge in [-0.15, -0.1) is 0 Å². The zero-order chi connectivity index (χ0) is 5.98. The Balaban J connectivity index is 2.24. The van der Waals surface area contributed by atoms with Gasteiger partial charge in [-0.2, -0.15) is 0 Å². The normalized spacial score (nSPS) is 19.6. The van der Waals surface area contributed by atoms with E-state index in [1.165, 1.54) is 7.11 Å². The summed E-state index contributed by atoms with van der Waals surface area (Å²) in [4.78, 5) is 10.5. The molecule has 0 atom stereocenters. The third-order valence-corrected chi connectivity index (χ3v) is 1.17. The minimum absolute atomic E-state index is 0.0139. The van der Waals surface area contributed by atoms with Crippen molar-refractivity contribution in [1.29, 1.82) is 0 Å². The van der Waals surface area contributed by atoms with Crippen molar-refractivity contribution in [2.24, 2.45) is 5.92 Å². The molecular formula is C5H8O3. The van der Waals surface area contributed by atoms with Gasteiger partial charge in [0.25, 0.3) is 0 Å². The monoisotopic (exact) mass is 116 g/mol. The molecule has 1 fully saturated rings. The molecule has 8 heavy (non-hydrogen) atoms. The predicted octanol–water partition coefficient (Wildman–Crippen LogP) is -0.194. The maximum atomic E-state index is 10.5. The van der Waals surface area contributed by atoms with Crippen molar-refractivity contribution in [1.82, 2.24) is 0 Å². The lowest BCUT2D eigenvalue weighted by atomic mass is 10.1. The van der Waals surface area contributed by atoms with Gasteiger partial charge in [0.15, 0.2) is 0 Å². The highest BCUT2D eigenvalue weighted by Crippen LogP contribution is 2.10. The Morgan fingerprint density at radius 1 is 1.75 bits per heavy atom. The summed E-state index contributed by atoms with van der Waals surface area (Å²) in [6.07, 6.45) is 0. The van der Waals surface area contributed by atoms with E-state index in [4.69, 9.17) is 4.74 Å². The largest absolute Gasteiger partial charge is 0.469 e. The fourth-order valence-corrected chi connectivity index (χ4v) is 0.538. The average molecular weight is 116 g/mol. The Morgan fingerprint density at radius 3 is 2.50 bits per heavy atom. The average Bonchev–Trinajstić information content (AvgIpc) is 1.62. The third-order valence-electron chi connectivity index (χ3n) is 1.17. The highest BCUT2D eigenvalue weighted by atomic mass is 16.5. The Bertz CT molecular complexity index is 95.8. The van der Waals surface area contributed by atoms with Crippen molar-refractivity contribution in [2.75, 3.05) is 20.3 Å². The molecule has 0 aliphatic carbocycles. The van der Waals surface area contributed by atoms with Crippen molar-refractivity contribution in [2.45, 2.75) is 0 Å². The molecule has 0 aromatic carbocycles. The number of methoxy groups -OCH3 is 1. The molecule has 1 saturated heterocycles.